The van der Waals surface area contributed by atoms with E-state index in [4.69, 9.17) is 0 Å². The Balaban J connectivity index is 1.43. The Bertz CT molecular complexity index is 1400. The molecule has 2 aromatic carbocycles. The van der Waals surface area contributed by atoms with Gasteiger partial charge in [0.25, 0.3) is 5.56 Å². The van der Waals surface area contributed by atoms with Gasteiger partial charge < -0.3 is 9.80 Å². The molecule has 5 rings (SSSR count). The molecule has 0 aliphatic carbocycles. The summed E-state index contributed by atoms with van der Waals surface area (Å²) in [5.41, 5.74) is 1.87. The molecule has 1 amide bonds. The number of amides is 1. The van der Waals surface area contributed by atoms with Crippen molar-refractivity contribution in [2.45, 2.75) is 26.3 Å². The van der Waals surface area contributed by atoms with E-state index >= 15 is 0 Å². The van der Waals surface area contributed by atoms with Crippen molar-refractivity contribution in [1.29, 1.82) is 0 Å². The van der Waals surface area contributed by atoms with E-state index in [1.807, 2.05) is 43.0 Å². The van der Waals surface area contributed by atoms with Gasteiger partial charge in [-0.05, 0) is 24.3 Å². The highest BCUT2D eigenvalue weighted by atomic mass is 19.1. The number of nitrogens with zero attached hydrogens (tertiary/aromatic N) is 6. The number of rotatable bonds is 4. The van der Waals surface area contributed by atoms with Gasteiger partial charge in [-0.2, -0.15) is 0 Å². The van der Waals surface area contributed by atoms with E-state index in [0.717, 1.165) is 5.52 Å². The summed E-state index contributed by atoms with van der Waals surface area (Å²) in [5, 5.41) is 8.36. The highest BCUT2D eigenvalue weighted by molar-refractivity contribution is 5.82. The van der Waals surface area contributed by atoms with Crippen LogP contribution in [0.4, 0.5) is 10.1 Å². The fourth-order valence-corrected chi connectivity index (χ4v) is 4.45. The van der Waals surface area contributed by atoms with Crippen molar-refractivity contribution in [3.05, 3.63) is 70.5 Å². The summed E-state index contributed by atoms with van der Waals surface area (Å²) in [6.45, 7) is 5.91. The monoisotopic (exact) mass is 448 g/mol. The predicted molar refractivity (Wildman–Crippen MR) is 124 cm³/mol. The van der Waals surface area contributed by atoms with Crippen LogP contribution in [0.3, 0.4) is 0 Å². The van der Waals surface area contributed by atoms with Gasteiger partial charge in [0.05, 0.1) is 16.7 Å². The van der Waals surface area contributed by atoms with Crippen LogP contribution in [0, 0.1) is 5.82 Å². The highest BCUT2D eigenvalue weighted by Gasteiger charge is 2.25. The smallest absolute Gasteiger partial charge is 0.297 e. The van der Waals surface area contributed by atoms with Crippen LogP contribution in [0.5, 0.6) is 0 Å². The Kier molecular flexibility index (Phi) is 5.32. The summed E-state index contributed by atoms with van der Waals surface area (Å²) in [6, 6.07) is 14.1. The van der Waals surface area contributed by atoms with Crippen LogP contribution in [-0.4, -0.2) is 56.2 Å². The van der Waals surface area contributed by atoms with Gasteiger partial charge in [0.15, 0.2) is 0 Å². The van der Waals surface area contributed by atoms with Crippen molar-refractivity contribution in [2.24, 2.45) is 0 Å². The van der Waals surface area contributed by atoms with Gasteiger partial charge in [0.1, 0.15) is 18.2 Å². The number of piperazine rings is 1. The maximum absolute atomic E-state index is 14.1. The Morgan fingerprint density at radius 3 is 2.33 bits per heavy atom. The van der Waals surface area contributed by atoms with Crippen LogP contribution in [0.15, 0.2) is 53.3 Å². The molecular formula is C24H25FN6O2. The molecular weight excluding hydrogens is 423 g/mol. The van der Waals surface area contributed by atoms with Crippen LogP contribution < -0.4 is 10.5 Å². The van der Waals surface area contributed by atoms with Crippen LogP contribution in [-0.2, 0) is 11.3 Å². The molecule has 1 fully saturated rings. The molecule has 33 heavy (non-hydrogen) atoms. The molecule has 0 atom stereocenters. The molecule has 8 nitrogen and oxygen atoms in total. The average molecular weight is 449 g/mol. The Labute approximate surface area is 189 Å². The normalized spacial score (nSPS) is 14.5. The van der Waals surface area contributed by atoms with Crippen LogP contribution >= 0.6 is 0 Å². The number of hydrogen-bond acceptors (Lipinski definition) is 5. The third kappa shape index (κ3) is 3.63. The molecule has 9 heteroatoms. The zero-order chi connectivity index (χ0) is 23.1. The Morgan fingerprint density at radius 2 is 1.64 bits per heavy atom. The lowest BCUT2D eigenvalue weighted by Crippen LogP contribution is -2.50. The molecule has 4 aromatic rings. The van der Waals surface area contributed by atoms with E-state index in [9.17, 15) is 14.0 Å². The lowest BCUT2D eigenvalue weighted by atomic mass is 10.2. The van der Waals surface area contributed by atoms with Gasteiger partial charge >= 0.3 is 0 Å². The van der Waals surface area contributed by atoms with Gasteiger partial charge in [0.2, 0.25) is 11.6 Å². The number of para-hydroxylation sites is 3. The Hall–Kier alpha value is -3.75. The van der Waals surface area contributed by atoms with E-state index in [-0.39, 0.29) is 35.4 Å². The van der Waals surface area contributed by atoms with Gasteiger partial charge in [0, 0.05) is 32.1 Å². The first-order valence-electron chi connectivity index (χ1n) is 11.1. The zero-order valence-corrected chi connectivity index (χ0v) is 18.6. The van der Waals surface area contributed by atoms with E-state index in [0.29, 0.717) is 43.2 Å². The van der Waals surface area contributed by atoms with Crippen molar-refractivity contribution < 1.29 is 9.18 Å². The van der Waals surface area contributed by atoms with Gasteiger partial charge in [-0.15, -0.1) is 10.2 Å². The molecule has 0 bridgehead atoms. The third-order valence-electron chi connectivity index (χ3n) is 6.17. The molecule has 1 aliphatic heterocycles. The molecule has 0 saturated carbocycles. The van der Waals surface area contributed by atoms with Crippen molar-refractivity contribution >= 4 is 28.3 Å². The van der Waals surface area contributed by atoms with Crippen molar-refractivity contribution in [2.75, 3.05) is 31.1 Å². The van der Waals surface area contributed by atoms with Gasteiger partial charge in [-0.25, -0.2) is 4.39 Å². The number of fused-ring (bicyclic) bond motifs is 3. The fourth-order valence-electron chi connectivity index (χ4n) is 4.45. The summed E-state index contributed by atoms with van der Waals surface area (Å²) in [5.74, 6) is 0.383. The third-order valence-corrected chi connectivity index (χ3v) is 6.17. The van der Waals surface area contributed by atoms with E-state index in [1.165, 1.54) is 10.6 Å². The first-order chi connectivity index (χ1) is 16.0. The number of hydrogen-bond donors (Lipinski definition) is 0. The first kappa shape index (κ1) is 21.1. The number of aromatic nitrogens is 4. The Morgan fingerprint density at radius 1 is 0.970 bits per heavy atom. The van der Waals surface area contributed by atoms with E-state index < -0.39 is 0 Å². The number of carbonyl (C=O) groups is 1. The molecule has 1 aliphatic rings. The van der Waals surface area contributed by atoms with E-state index in [2.05, 4.69) is 10.2 Å². The van der Waals surface area contributed by atoms with Crippen LogP contribution in [0.2, 0.25) is 0 Å². The largest absolute Gasteiger partial charge is 0.366 e. The second-order valence-electron chi connectivity index (χ2n) is 8.57. The summed E-state index contributed by atoms with van der Waals surface area (Å²) in [4.78, 5) is 30.1. The highest BCUT2D eigenvalue weighted by Crippen LogP contribution is 2.22. The molecule has 3 heterocycles. The SMILES string of the molecule is CC(C)c1nnc2c(=O)n(CC(=O)N3CCN(c4ccccc4F)CC3)c3ccccc3n12. The van der Waals surface area contributed by atoms with Crippen molar-refractivity contribution in [1.82, 2.24) is 24.1 Å². The topological polar surface area (TPSA) is 75.7 Å². The minimum Gasteiger partial charge on any atom is -0.366 e. The molecule has 0 spiro atoms. The molecule has 170 valence electrons. The molecule has 1 saturated heterocycles. The minimum atomic E-state index is -0.341. The zero-order valence-electron chi connectivity index (χ0n) is 18.6. The molecule has 0 unspecified atom stereocenters. The summed E-state index contributed by atoms with van der Waals surface area (Å²) in [6.07, 6.45) is 0. The predicted octanol–water partition coefficient (Wildman–Crippen LogP) is 2.66. The van der Waals surface area contributed by atoms with Gasteiger partial charge in [-0.3, -0.25) is 18.6 Å². The summed E-state index contributed by atoms with van der Waals surface area (Å²) < 4.78 is 17.4. The standard InChI is InChI=1S/C24H25FN6O2/c1-16(2)22-26-27-23-24(33)30(19-9-5-6-10-20(19)31(22)23)15-21(32)29-13-11-28(12-14-29)18-8-4-3-7-17(18)25/h3-10,16H,11-15H2,1-2H3. The molecule has 0 radical (unpaired) electrons. The quantitative estimate of drug-likeness (QED) is 0.480. The van der Waals surface area contributed by atoms with Crippen molar-refractivity contribution in [3.8, 4) is 0 Å². The van der Waals surface area contributed by atoms with Crippen LogP contribution in [0.25, 0.3) is 16.7 Å². The molecule has 2 aromatic heterocycles. The number of halogens is 1. The summed E-state index contributed by atoms with van der Waals surface area (Å²) >= 11 is 0. The van der Waals surface area contributed by atoms with Crippen LogP contribution in [0.1, 0.15) is 25.6 Å². The number of benzene rings is 2. The minimum absolute atomic E-state index is 0.0839. The van der Waals surface area contributed by atoms with Gasteiger partial charge in [-0.1, -0.05) is 38.1 Å². The number of carbonyl (C=O) groups excluding carboxylic acids is 1. The number of anilines is 1. The second-order valence-corrected chi connectivity index (χ2v) is 8.57. The summed E-state index contributed by atoms with van der Waals surface area (Å²) in [7, 11) is 0. The first-order valence-corrected chi connectivity index (χ1v) is 11.1. The fraction of sp³-hybridized carbons (Fsp3) is 0.333. The maximum Gasteiger partial charge on any atom is 0.297 e. The maximum atomic E-state index is 14.1. The van der Waals surface area contributed by atoms with Crippen molar-refractivity contribution in [3.63, 3.8) is 0 Å². The van der Waals surface area contributed by atoms with E-state index in [1.54, 1.807) is 27.5 Å². The average Bonchev–Trinajstić information content (AvgIpc) is 3.28. The lowest BCUT2D eigenvalue weighted by Gasteiger charge is -2.36. The lowest BCUT2D eigenvalue weighted by molar-refractivity contribution is -0.132. The molecule has 0 N–H and O–H groups in total. The second kappa shape index (κ2) is 8.31.